The van der Waals surface area contributed by atoms with Crippen molar-refractivity contribution in [2.45, 2.75) is 19.8 Å². The number of nitrogens with one attached hydrogen (secondary N) is 2. The molecule has 1 rings (SSSR count). The molecule has 0 spiro atoms. The van der Waals surface area contributed by atoms with Gasteiger partial charge in [0.05, 0.1) is 7.11 Å². The van der Waals surface area contributed by atoms with E-state index >= 15 is 0 Å². The number of aliphatic imine (C=N–C) groups is 1. The summed E-state index contributed by atoms with van der Waals surface area (Å²) in [5.41, 5.74) is 1.22. The number of halogens is 1. The number of hydrogen-bond acceptors (Lipinski definition) is 3. The van der Waals surface area contributed by atoms with E-state index in [2.05, 4.69) is 22.5 Å². The number of carbonyl (C=O) groups is 1. The lowest BCUT2D eigenvalue weighted by atomic mass is 10.1. The molecule has 6 nitrogen and oxygen atoms in total. The van der Waals surface area contributed by atoms with Crippen LogP contribution >= 0.6 is 24.0 Å². The fraction of sp³-hybridized carbons (Fsp3) is 0.529. The number of hydrogen-bond donors (Lipinski definition) is 2. The van der Waals surface area contributed by atoms with Crippen LogP contribution in [0.25, 0.3) is 0 Å². The minimum atomic E-state index is -0.0160. The van der Waals surface area contributed by atoms with Gasteiger partial charge in [0.15, 0.2) is 5.96 Å². The van der Waals surface area contributed by atoms with Crippen LogP contribution in [0.4, 0.5) is 0 Å². The number of benzene rings is 1. The molecule has 7 heteroatoms. The summed E-state index contributed by atoms with van der Waals surface area (Å²) in [6, 6.07) is 8.00. The fourth-order valence-electron chi connectivity index (χ4n) is 1.82. The van der Waals surface area contributed by atoms with Crippen LogP contribution in [0.3, 0.4) is 0 Å². The van der Waals surface area contributed by atoms with Crippen molar-refractivity contribution in [2.24, 2.45) is 4.99 Å². The second-order valence-corrected chi connectivity index (χ2v) is 5.40. The monoisotopic (exact) mass is 448 g/mol. The summed E-state index contributed by atoms with van der Waals surface area (Å²) in [7, 11) is 5.12. The zero-order chi connectivity index (χ0) is 17.1. The van der Waals surface area contributed by atoms with E-state index in [4.69, 9.17) is 4.74 Å². The van der Waals surface area contributed by atoms with Gasteiger partial charge >= 0.3 is 0 Å². The number of likely N-dealkylation sites (N-methyl/N-ethyl adjacent to an activating group) is 1. The molecule has 1 aromatic rings. The van der Waals surface area contributed by atoms with E-state index in [1.54, 1.807) is 21.2 Å². The molecule has 1 amide bonds. The van der Waals surface area contributed by atoms with E-state index in [1.165, 1.54) is 10.5 Å². The van der Waals surface area contributed by atoms with Crippen LogP contribution in [0.1, 0.15) is 18.9 Å². The first kappa shape index (κ1) is 22.5. The van der Waals surface area contributed by atoms with Crippen molar-refractivity contribution >= 4 is 35.8 Å². The zero-order valence-corrected chi connectivity index (χ0v) is 17.3. The maximum Gasteiger partial charge on any atom is 0.243 e. The maximum absolute atomic E-state index is 11.6. The summed E-state index contributed by atoms with van der Waals surface area (Å²) in [5.74, 6) is 1.52. The Labute approximate surface area is 162 Å². The number of guanidine groups is 1. The second-order valence-electron chi connectivity index (χ2n) is 5.40. The minimum absolute atomic E-state index is 0. The topological polar surface area (TPSA) is 66.0 Å². The van der Waals surface area contributed by atoms with Gasteiger partial charge in [-0.3, -0.25) is 4.79 Å². The lowest BCUT2D eigenvalue weighted by Crippen LogP contribution is -2.39. The standard InChI is InChI=1S/C17H28N4O2.HI/c1-5-11-18-17(20-13-16(22)21(2)3)19-12-10-14-6-8-15(23-4)9-7-14;/h6-9H,5,10-13H2,1-4H3,(H2,18,19,20);1H. The summed E-state index contributed by atoms with van der Waals surface area (Å²) < 4.78 is 5.15. The van der Waals surface area contributed by atoms with Crippen LogP contribution < -0.4 is 15.4 Å². The zero-order valence-electron chi connectivity index (χ0n) is 15.0. The molecule has 0 heterocycles. The van der Waals surface area contributed by atoms with Gasteiger partial charge in [-0.05, 0) is 30.5 Å². The molecule has 0 aliphatic rings. The summed E-state index contributed by atoms with van der Waals surface area (Å²) in [6.45, 7) is 3.81. The highest BCUT2D eigenvalue weighted by atomic mass is 127. The normalized spacial score (nSPS) is 10.6. The fourth-order valence-corrected chi connectivity index (χ4v) is 1.82. The maximum atomic E-state index is 11.6. The van der Waals surface area contributed by atoms with Gasteiger partial charge in [-0.1, -0.05) is 19.1 Å². The Balaban J connectivity index is 0.00000529. The molecule has 0 saturated carbocycles. The molecular weight excluding hydrogens is 419 g/mol. The Morgan fingerprint density at radius 2 is 1.79 bits per heavy atom. The van der Waals surface area contributed by atoms with E-state index in [9.17, 15) is 4.79 Å². The van der Waals surface area contributed by atoms with Gasteiger partial charge in [0, 0.05) is 27.2 Å². The third-order valence-electron chi connectivity index (χ3n) is 3.28. The van der Waals surface area contributed by atoms with E-state index in [1.807, 2.05) is 24.3 Å². The molecule has 1 aromatic carbocycles. The third-order valence-corrected chi connectivity index (χ3v) is 3.28. The number of rotatable bonds is 8. The molecule has 0 bridgehead atoms. The summed E-state index contributed by atoms with van der Waals surface area (Å²) in [5, 5.41) is 6.48. The molecule has 0 radical (unpaired) electrons. The summed E-state index contributed by atoms with van der Waals surface area (Å²) >= 11 is 0. The van der Waals surface area contributed by atoms with Crippen molar-refractivity contribution in [3.63, 3.8) is 0 Å². The van der Waals surface area contributed by atoms with E-state index in [0.717, 1.165) is 31.7 Å². The van der Waals surface area contributed by atoms with Gasteiger partial charge in [-0.25, -0.2) is 4.99 Å². The van der Waals surface area contributed by atoms with Crippen molar-refractivity contribution in [1.29, 1.82) is 0 Å². The van der Waals surface area contributed by atoms with Crippen LogP contribution in [0.15, 0.2) is 29.3 Å². The first-order valence-corrected chi connectivity index (χ1v) is 7.92. The highest BCUT2D eigenvalue weighted by Gasteiger charge is 2.04. The molecule has 136 valence electrons. The van der Waals surface area contributed by atoms with Gasteiger partial charge in [0.2, 0.25) is 5.91 Å². The molecule has 24 heavy (non-hydrogen) atoms. The number of carbonyl (C=O) groups excluding carboxylic acids is 1. The largest absolute Gasteiger partial charge is 0.497 e. The Kier molecular flexibility index (Phi) is 12.0. The average molecular weight is 448 g/mol. The van der Waals surface area contributed by atoms with Gasteiger partial charge in [-0.15, -0.1) is 24.0 Å². The number of methoxy groups -OCH3 is 1. The number of amides is 1. The first-order valence-electron chi connectivity index (χ1n) is 7.92. The predicted molar refractivity (Wildman–Crippen MR) is 109 cm³/mol. The minimum Gasteiger partial charge on any atom is -0.497 e. The Morgan fingerprint density at radius 1 is 1.17 bits per heavy atom. The lowest BCUT2D eigenvalue weighted by Gasteiger charge is -2.13. The van der Waals surface area contributed by atoms with Crippen molar-refractivity contribution in [1.82, 2.24) is 15.5 Å². The van der Waals surface area contributed by atoms with Crippen LogP contribution in [0.5, 0.6) is 5.75 Å². The number of ether oxygens (including phenoxy) is 1. The quantitative estimate of drug-likeness (QED) is 0.362. The van der Waals surface area contributed by atoms with Crippen LogP contribution in [-0.2, 0) is 11.2 Å². The average Bonchev–Trinajstić information content (AvgIpc) is 2.56. The highest BCUT2D eigenvalue weighted by molar-refractivity contribution is 14.0. The Hall–Kier alpha value is -1.51. The van der Waals surface area contributed by atoms with Crippen molar-refractivity contribution in [2.75, 3.05) is 40.8 Å². The lowest BCUT2D eigenvalue weighted by molar-refractivity contribution is -0.127. The highest BCUT2D eigenvalue weighted by Crippen LogP contribution is 2.11. The van der Waals surface area contributed by atoms with Crippen molar-refractivity contribution < 1.29 is 9.53 Å². The molecule has 2 N–H and O–H groups in total. The number of nitrogens with zero attached hydrogens (tertiary/aromatic N) is 2. The first-order chi connectivity index (χ1) is 11.1. The molecule has 0 saturated heterocycles. The third kappa shape index (κ3) is 8.95. The molecule has 0 aliphatic carbocycles. The molecule has 0 fully saturated rings. The van der Waals surface area contributed by atoms with E-state index in [0.29, 0.717) is 5.96 Å². The molecule has 0 atom stereocenters. The van der Waals surface area contributed by atoms with Gasteiger partial charge in [-0.2, -0.15) is 0 Å². The molecule has 0 unspecified atom stereocenters. The van der Waals surface area contributed by atoms with Gasteiger partial charge < -0.3 is 20.3 Å². The van der Waals surface area contributed by atoms with Crippen LogP contribution in [0.2, 0.25) is 0 Å². The van der Waals surface area contributed by atoms with Crippen LogP contribution in [-0.4, -0.2) is 57.6 Å². The summed E-state index contributed by atoms with van der Waals surface area (Å²) in [6.07, 6.45) is 1.87. The van der Waals surface area contributed by atoms with E-state index < -0.39 is 0 Å². The molecule has 0 aromatic heterocycles. The Bertz CT molecular complexity index is 504. The SMILES string of the molecule is CCCNC(=NCC(=O)N(C)C)NCCc1ccc(OC)cc1.I. The molecule has 0 aliphatic heterocycles. The van der Waals surface area contributed by atoms with Gasteiger partial charge in [0.25, 0.3) is 0 Å². The van der Waals surface area contributed by atoms with Crippen LogP contribution in [0, 0.1) is 0 Å². The van der Waals surface area contributed by atoms with Gasteiger partial charge in [0.1, 0.15) is 12.3 Å². The van der Waals surface area contributed by atoms with Crippen molar-refractivity contribution in [3.05, 3.63) is 29.8 Å². The Morgan fingerprint density at radius 3 is 2.33 bits per heavy atom. The van der Waals surface area contributed by atoms with E-state index in [-0.39, 0.29) is 36.4 Å². The summed E-state index contributed by atoms with van der Waals surface area (Å²) in [4.78, 5) is 17.5. The van der Waals surface area contributed by atoms with Crippen molar-refractivity contribution in [3.8, 4) is 5.75 Å². The predicted octanol–water partition coefficient (Wildman–Crippen LogP) is 1.89. The molecular formula is C17H29IN4O2. The smallest absolute Gasteiger partial charge is 0.243 e. The second kappa shape index (κ2) is 12.9.